The van der Waals surface area contributed by atoms with Gasteiger partial charge in [0, 0.05) is 25.6 Å². The molecule has 2 aromatic heterocycles. The summed E-state index contributed by atoms with van der Waals surface area (Å²) in [5.41, 5.74) is 2.75. The topological polar surface area (TPSA) is 64.7 Å². The highest BCUT2D eigenvalue weighted by Gasteiger charge is 2.23. The van der Waals surface area contributed by atoms with E-state index in [1.807, 2.05) is 23.1 Å². The van der Waals surface area contributed by atoms with Gasteiger partial charge >= 0.3 is 0 Å². The fourth-order valence-electron chi connectivity index (χ4n) is 2.57. The molecule has 0 saturated heterocycles. The van der Waals surface area contributed by atoms with E-state index in [-0.39, 0.29) is 5.91 Å². The SMILES string of the molecule is CCn1nc(C)c2nc(CCl)n(CCC(=O)NC3CC3)c21. The van der Waals surface area contributed by atoms with Crippen molar-refractivity contribution in [1.82, 2.24) is 24.6 Å². The third-order valence-corrected chi connectivity index (χ3v) is 4.04. The second-order valence-corrected chi connectivity index (χ2v) is 5.75. The van der Waals surface area contributed by atoms with E-state index in [9.17, 15) is 4.79 Å². The quantitative estimate of drug-likeness (QED) is 0.830. The van der Waals surface area contributed by atoms with Crippen molar-refractivity contribution in [2.45, 2.75) is 58.1 Å². The number of aromatic nitrogens is 4. The van der Waals surface area contributed by atoms with Crippen LogP contribution in [-0.2, 0) is 23.8 Å². The zero-order valence-electron chi connectivity index (χ0n) is 12.4. The predicted octanol–water partition coefficient (Wildman–Crippen LogP) is 1.97. The highest BCUT2D eigenvalue weighted by molar-refractivity contribution is 6.16. The third kappa shape index (κ3) is 2.77. The summed E-state index contributed by atoms with van der Waals surface area (Å²) in [7, 11) is 0. The van der Waals surface area contributed by atoms with Crippen LogP contribution < -0.4 is 5.32 Å². The molecule has 1 aliphatic carbocycles. The molecule has 2 heterocycles. The van der Waals surface area contributed by atoms with Crippen molar-refractivity contribution in [3.63, 3.8) is 0 Å². The maximum absolute atomic E-state index is 11.9. The van der Waals surface area contributed by atoms with E-state index in [1.54, 1.807) is 0 Å². The minimum Gasteiger partial charge on any atom is -0.353 e. The largest absolute Gasteiger partial charge is 0.353 e. The summed E-state index contributed by atoms with van der Waals surface area (Å²) >= 11 is 6.00. The van der Waals surface area contributed by atoms with Gasteiger partial charge < -0.3 is 9.88 Å². The molecule has 2 aromatic rings. The van der Waals surface area contributed by atoms with Gasteiger partial charge in [-0.05, 0) is 26.7 Å². The lowest BCUT2D eigenvalue weighted by Crippen LogP contribution is -2.26. The normalized spacial score (nSPS) is 14.8. The van der Waals surface area contributed by atoms with Gasteiger partial charge in [0.15, 0.2) is 5.65 Å². The Bertz CT molecular complexity index is 670. The summed E-state index contributed by atoms with van der Waals surface area (Å²) in [6.45, 7) is 5.35. The first-order valence-corrected chi connectivity index (χ1v) is 7.95. The van der Waals surface area contributed by atoms with E-state index in [0.717, 1.165) is 42.1 Å². The van der Waals surface area contributed by atoms with Crippen molar-refractivity contribution in [3.8, 4) is 0 Å². The molecule has 0 aliphatic heterocycles. The van der Waals surface area contributed by atoms with Gasteiger partial charge in [0.25, 0.3) is 0 Å². The molecule has 7 heteroatoms. The molecule has 3 rings (SSSR count). The Balaban J connectivity index is 1.86. The Morgan fingerprint density at radius 2 is 2.24 bits per heavy atom. The number of fused-ring (bicyclic) bond motifs is 1. The minimum absolute atomic E-state index is 0.0964. The van der Waals surface area contributed by atoms with Crippen LogP contribution in [0.3, 0.4) is 0 Å². The van der Waals surface area contributed by atoms with E-state index >= 15 is 0 Å². The first-order chi connectivity index (χ1) is 10.1. The summed E-state index contributed by atoms with van der Waals surface area (Å²) in [5, 5.41) is 7.49. The van der Waals surface area contributed by atoms with E-state index in [1.165, 1.54) is 0 Å². The minimum atomic E-state index is 0.0964. The lowest BCUT2D eigenvalue weighted by Gasteiger charge is -2.09. The maximum atomic E-state index is 11.9. The molecule has 114 valence electrons. The van der Waals surface area contributed by atoms with Crippen molar-refractivity contribution in [2.75, 3.05) is 0 Å². The van der Waals surface area contributed by atoms with Crippen LogP contribution in [0.2, 0.25) is 0 Å². The predicted molar refractivity (Wildman–Crippen MR) is 81.3 cm³/mol. The second-order valence-electron chi connectivity index (χ2n) is 5.48. The summed E-state index contributed by atoms with van der Waals surface area (Å²) in [5.74, 6) is 1.23. The van der Waals surface area contributed by atoms with Crippen molar-refractivity contribution in [1.29, 1.82) is 0 Å². The molecular formula is C14H20ClN5O. The molecule has 1 saturated carbocycles. The maximum Gasteiger partial charge on any atom is 0.222 e. The van der Waals surface area contributed by atoms with Crippen LogP contribution >= 0.6 is 11.6 Å². The Hall–Kier alpha value is -1.56. The van der Waals surface area contributed by atoms with Gasteiger partial charge in [0.1, 0.15) is 11.3 Å². The monoisotopic (exact) mass is 309 g/mol. The Kier molecular flexibility index (Phi) is 3.89. The molecule has 1 aliphatic rings. The first-order valence-electron chi connectivity index (χ1n) is 7.41. The van der Waals surface area contributed by atoms with Gasteiger partial charge in [-0.3, -0.25) is 4.79 Å². The van der Waals surface area contributed by atoms with Crippen LogP contribution in [0.25, 0.3) is 11.2 Å². The Morgan fingerprint density at radius 3 is 2.86 bits per heavy atom. The molecular weight excluding hydrogens is 290 g/mol. The van der Waals surface area contributed by atoms with E-state index in [2.05, 4.69) is 15.4 Å². The summed E-state index contributed by atoms with van der Waals surface area (Å²) in [6, 6.07) is 0.399. The highest BCUT2D eigenvalue weighted by Crippen LogP contribution is 2.22. The van der Waals surface area contributed by atoms with Crippen LogP contribution in [-0.4, -0.2) is 31.3 Å². The van der Waals surface area contributed by atoms with E-state index in [4.69, 9.17) is 11.6 Å². The van der Waals surface area contributed by atoms with Gasteiger partial charge in [-0.1, -0.05) is 0 Å². The van der Waals surface area contributed by atoms with Crippen molar-refractivity contribution in [3.05, 3.63) is 11.5 Å². The Labute approximate surface area is 128 Å². The number of rotatable bonds is 6. The summed E-state index contributed by atoms with van der Waals surface area (Å²) < 4.78 is 3.95. The average Bonchev–Trinajstić information content (AvgIpc) is 3.12. The van der Waals surface area contributed by atoms with Crippen molar-refractivity contribution in [2.24, 2.45) is 0 Å². The van der Waals surface area contributed by atoms with Crippen LogP contribution in [0.5, 0.6) is 0 Å². The number of hydrogen-bond acceptors (Lipinski definition) is 3. The fourth-order valence-corrected chi connectivity index (χ4v) is 2.77. The number of imidazole rings is 1. The van der Waals surface area contributed by atoms with Crippen molar-refractivity contribution >= 4 is 28.7 Å². The van der Waals surface area contributed by atoms with E-state index in [0.29, 0.717) is 24.9 Å². The van der Waals surface area contributed by atoms with Crippen molar-refractivity contribution < 1.29 is 4.79 Å². The lowest BCUT2D eigenvalue weighted by molar-refractivity contribution is -0.121. The van der Waals surface area contributed by atoms with Crippen LogP contribution in [0.15, 0.2) is 0 Å². The molecule has 0 spiro atoms. The smallest absolute Gasteiger partial charge is 0.222 e. The lowest BCUT2D eigenvalue weighted by atomic mass is 10.3. The Morgan fingerprint density at radius 1 is 1.48 bits per heavy atom. The fraction of sp³-hybridized carbons (Fsp3) is 0.643. The summed E-state index contributed by atoms with van der Waals surface area (Å²) in [6.07, 6.45) is 2.66. The first kappa shape index (κ1) is 14.4. The number of amides is 1. The summed E-state index contributed by atoms with van der Waals surface area (Å²) in [4.78, 5) is 16.5. The average molecular weight is 310 g/mol. The molecule has 1 fully saturated rings. The number of alkyl halides is 1. The molecule has 0 aromatic carbocycles. The van der Waals surface area contributed by atoms with Crippen LogP contribution in [0.4, 0.5) is 0 Å². The molecule has 1 N–H and O–H groups in total. The standard InChI is InChI=1S/C14H20ClN5O/c1-3-20-14-13(9(2)18-20)17-11(8-15)19(14)7-6-12(21)16-10-4-5-10/h10H,3-8H2,1-2H3,(H,16,21). The van der Waals surface area contributed by atoms with Crippen LogP contribution in [0, 0.1) is 6.92 Å². The van der Waals surface area contributed by atoms with Crippen LogP contribution in [0.1, 0.15) is 37.7 Å². The molecule has 0 bridgehead atoms. The highest BCUT2D eigenvalue weighted by atomic mass is 35.5. The third-order valence-electron chi connectivity index (χ3n) is 3.80. The zero-order valence-corrected chi connectivity index (χ0v) is 13.2. The van der Waals surface area contributed by atoms with Gasteiger partial charge in [0.2, 0.25) is 5.91 Å². The van der Waals surface area contributed by atoms with Gasteiger partial charge in [0.05, 0.1) is 11.6 Å². The number of nitrogens with one attached hydrogen (secondary N) is 1. The number of carbonyl (C=O) groups excluding carboxylic acids is 1. The molecule has 1 amide bonds. The number of nitrogens with zero attached hydrogens (tertiary/aromatic N) is 4. The number of aryl methyl sites for hydroxylation is 3. The molecule has 21 heavy (non-hydrogen) atoms. The number of hydrogen-bond donors (Lipinski definition) is 1. The van der Waals surface area contributed by atoms with Gasteiger partial charge in [-0.25, -0.2) is 9.67 Å². The van der Waals surface area contributed by atoms with E-state index < -0.39 is 0 Å². The van der Waals surface area contributed by atoms with Gasteiger partial charge in [-0.2, -0.15) is 5.10 Å². The molecule has 0 atom stereocenters. The molecule has 6 nitrogen and oxygen atoms in total. The zero-order chi connectivity index (χ0) is 15.0. The number of halogens is 1. The second kappa shape index (κ2) is 5.67. The number of carbonyl (C=O) groups is 1. The molecule has 0 unspecified atom stereocenters. The van der Waals surface area contributed by atoms with Gasteiger partial charge in [-0.15, -0.1) is 11.6 Å². The molecule has 0 radical (unpaired) electrons.